The third-order valence-electron chi connectivity index (χ3n) is 15.8. The van der Waals surface area contributed by atoms with E-state index < -0.39 is 20.1 Å². The molecular weight excluding hydrogens is 1030 g/mol. The molecule has 0 aliphatic heterocycles. The Balaban J connectivity index is 0.991. The number of aromatic nitrogens is 5. The molecule has 0 spiro atoms. The van der Waals surface area contributed by atoms with Gasteiger partial charge in [-0.2, -0.15) is 9.97 Å². The van der Waals surface area contributed by atoms with Gasteiger partial charge in [0.25, 0.3) is 0 Å². The summed E-state index contributed by atoms with van der Waals surface area (Å²) in [5.41, 5.74) is 7.20. The number of para-hydroxylation sites is 3. The first-order chi connectivity index (χ1) is 40.7. The molecule has 7 heteroatoms. The van der Waals surface area contributed by atoms with Crippen molar-refractivity contribution in [3.63, 3.8) is 0 Å². The Morgan fingerprint density at radius 3 is 0.902 bits per heavy atom. The maximum absolute atomic E-state index is 5.63. The molecule has 82 heavy (non-hydrogen) atoms. The summed E-state index contributed by atoms with van der Waals surface area (Å²) in [4.78, 5) is 26.7. The van der Waals surface area contributed by atoms with E-state index in [2.05, 4.69) is 331 Å². The summed E-state index contributed by atoms with van der Waals surface area (Å²) < 4.78 is 4.63. The van der Waals surface area contributed by atoms with Crippen LogP contribution in [0.2, 0.25) is 0 Å². The molecule has 0 fully saturated rings. The number of rotatable bonds is 12. The Morgan fingerprint density at radius 1 is 0.220 bits per heavy atom. The maximum atomic E-state index is 5.63. The highest BCUT2D eigenvalue weighted by atomic mass is 32.3. The fourth-order valence-corrected chi connectivity index (χ4v) is 20.1. The summed E-state index contributed by atoms with van der Waals surface area (Å²) in [6.45, 7) is 0. The fraction of sp³-hybridized carbons (Fsp3) is 0. The highest BCUT2D eigenvalue weighted by molar-refractivity contribution is 8.34. The minimum Gasteiger partial charge on any atom is -0.309 e. The summed E-state index contributed by atoms with van der Waals surface area (Å²) in [6, 6.07) is 117. The van der Waals surface area contributed by atoms with Crippen LogP contribution in [0.15, 0.2) is 361 Å². The summed E-state index contributed by atoms with van der Waals surface area (Å²) >= 11 is 0. The fourth-order valence-electron chi connectivity index (χ4n) is 12.3. The van der Waals surface area contributed by atoms with Crippen LogP contribution in [0.5, 0.6) is 0 Å². The molecular formula is C75H53N5S2. The van der Waals surface area contributed by atoms with E-state index in [-0.39, 0.29) is 0 Å². The van der Waals surface area contributed by atoms with Crippen molar-refractivity contribution < 1.29 is 0 Å². The summed E-state index contributed by atoms with van der Waals surface area (Å²) in [5, 5.41) is 4.66. The number of nitrogens with zero attached hydrogens (tertiary/aromatic N) is 5. The Labute approximate surface area is 479 Å². The van der Waals surface area contributed by atoms with Gasteiger partial charge in [-0.1, -0.05) is 188 Å². The molecule has 3 aromatic heterocycles. The van der Waals surface area contributed by atoms with Gasteiger partial charge in [-0.3, -0.25) is 4.57 Å². The van der Waals surface area contributed by atoms with E-state index in [9.17, 15) is 0 Å². The van der Waals surface area contributed by atoms with E-state index in [1.807, 2.05) is 0 Å². The maximum Gasteiger partial charge on any atom is 0.238 e. The molecule has 0 saturated heterocycles. The van der Waals surface area contributed by atoms with E-state index in [0.717, 1.165) is 38.6 Å². The van der Waals surface area contributed by atoms with E-state index in [0.29, 0.717) is 17.6 Å². The van der Waals surface area contributed by atoms with E-state index in [1.54, 1.807) is 0 Å². The number of hydrogen-bond donors (Lipinski definition) is 0. The van der Waals surface area contributed by atoms with Gasteiger partial charge in [0, 0.05) is 77.5 Å². The summed E-state index contributed by atoms with van der Waals surface area (Å²) in [7, 11) is -4.08. The van der Waals surface area contributed by atoms with Crippen molar-refractivity contribution in [3.8, 4) is 34.4 Å². The van der Waals surface area contributed by atoms with Crippen LogP contribution >= 0.6 is 20.1 Å². The predicted octanol–water partition coefficient (Wildman–Crippen LogP) is 20.1. The third-order valence-corrected chi connectivity index (χ3v) is 23.6. The van der Waals surface area contributed by atoms with Gasteiger partial charge < -0.3 is 4.57 Å². The minimum absolute atomic E-state index is 0.534. The largest absolute Gasteiger partial charge is 0.309 e. The molecule has 12 aromatic carbocycles. The Kier molecular flexibility index (Phi) is 12.3. The third kappa shape index (κ3) is 7.99. The van der Waals surface area contributed by atoms with Gasteiger partial charge in [0.2, 0.25) is 5.95 Å². The minimum atomic E-state index is -2.04. The predicted molar refractivity (Wildman–Crippen MR) is 339 cm³/mol. The van der Waals surface area contributed by atoms with Gasteiger partial charge in [0.15, 0.2) is 11.6 Å². The topological polar surface area (TPSA) is 48.5 Å². The summed E-state index contributed by atoms with van der Waals surface area (Å²) in [5.74, 6) is 1.69. The number of benzene rings is 12. The van der Waals surface area contributed by atoms with Gasteiger partial charge in [-0.15, -0.1) is 20.1 Å². The molecule has 0 N–H and O–H groups in total. The van der Waals surface area contributed by atoms with Gasteiger partial charge in [-0.25, -0.2) is 4.98 Å². The average Bonchev–Trinajstić information content (AvgIpc) is 3.36. The first-order valence-electron chi connectivity index (χ1n) is 27.6. The average molecular weight is 1090 g/mol. The monoisotopic (exact) mass is 1090 g/mol. The zero-order valence-electron chi connectivity index (χ0n) is 44.7. The van der Waals surface area contributed by atoms with Crippen molar-refractivity contribution in [2.75, 3.05) is 0 Å². The lowest BCUT2D eigenvalue weighted by Gasteiger charge is -2.42. The smallest absolute Gasteiger partial charge is 0.238 e. The first kappa shape index (κ1) is 49.0. The van der Waals surface area contributed by atoms with Crippen LogP contribution in [0.1, 0.15) is 0 Å². The highest BCUT2D eigenvalue weighted by Crippen LogP contribution is 2.75. The zero-order valence-corrected chi connectivity index (χ0v) is 46.3. The second kappa shape index (κ2) is 20.6. The SMILES string of the molecule is c1ccc(S(c2ccccc2)(c2ccccc2)c2cccc(-c3nc(-c4cccc(S(c5ccccc5)(c5ccccc5)c5ccccc5)c4)nc(-n4c5ccccc5c5cc(-n6c7ccccc7c7ccccc76)ccc54)n3)c2)cc1. The molecule has 15 rings (SSSR count). The van der Waals surface area contributed by atoms with Gasteiger partial charge in [0.05, 0.1) is 22.1 Å². The lowest BCUT2D eigenvalue weighted by Crippen LogP contribution is -2.08. The molecule has 0 radical (unpaired) electrons. The highest BCUT2D eigenvalue weighted by Gasteiger charge is 2.35. The molecule has 0 aliphatic carbocycles. The van der Waals surface area contributed by atoms with Gasteiger partial charge in [-0.05, 0) is 133 Å². The van der Waals surface area contributed by atoms with Crippen LogP contribution in [-0.4, -0.2) is 24.1 Å². The van der Waals surface area contributed by atoms with Crippen LogP contribution in [0.4, 0.5) is 0 Å². The normalized spacial score (nSPS) is 12.3. The molecule has 15 aromatic rings. The Hall–Kier alpha value is -10.1. The number of hydrogen-bond acceptors (Lipinski definition) is 3. The standard InChI is InChI=1S/C75H53N5S2/c1-7-29-57(30-8-1)81(58-31-9-2-10-32-58,59-33-11-3-12-34-59)63-41-25-27-54(51-63)73-76-74(55-28-26-42-64(52-55)82(60-35-13-4-14-36-60,61-37-15-5-16-38-61)62-39-17-6-18-40-62)78-75(77-73)80-71-48-24-21-45-67(71)68-53-56(49-50-72(68)80)79-69-46-22-19-43-65(69)66-44-20-23-47-70(66)79/h1-53H. The van der Waals surface area contributed by atoms with Crippen LogP contribution in [0.3, 0.4) is 0 Å². The molecule has 390 valence electrons. The molecule has 0 atom stereocenters. The lowest BCUT2D eigenvalue weighted by atomic mass is 10.1. The number of fused-ring (bicyclic) bond motifs is 6. The van der Waals surface area contributed by atoms with Crippen LogP contribution in [-0.2, 0) is 0 Å². The van der Waals surface area contributed by atoms with Crippen molar-refractivity contribution in [2.45, 2.75) is 39.2 Å². The Bertz CT molecular complexity index is 4360. The van der Waals surface area contributed by atoms with Gasteiger partial charge in [0.1, 0.15) is 0 Å². The molecule has 0 aliphatic rings. The first-order valence-corrected chi connectivity index (χ1v) is 30.9. The second-order valence-corrected chi connectivity index (χ2v) is 26.6. The second-order valence-electron chi connectivity index (χ2n) is 20.4. The van der Waals surface area contributed by atoms with E-state index >= 15 is 0 Å². The van der Waals surface area contributed by atoms with Crippen molar-refractivity contribution in [2.24, 2.45) is 0 Å². The van der Waals surface area contributed by atoms with Crippen LogP contribution < -0.4 is 0 Å². The van der Waals surface area contributed by atoms with E-state index in [1.165, 1.54) is 61.0 Å². The molecule has 0 amide bonds. The van der Waals surface area contributed by atoms with Crippen molar-refractivity contribution in [1.82, 2.24) is 24.1 Å². The Morgan fingerprint density at radius 2 is 0.524 bits per heavy atom. The van der Waals surface area contributed by atoms with Gasteiger partial charge >= 0.3 is 0 Å². The zero-order chi connectivity index (χ0) is 54.5. The van der Waals surface area contributed by atoms with E-state index in [4.69, 9.17) is 15.0 Å². The van der Waals surface area contributed by atoms with Crippen molar-refractivity contribution >= 4 is 63.7 Å². The van der Waals surface area contributed by atoms with Crippen molar-refractivity contribution in [1.29, 1.82) is 0 Å². The lowest BCUT2D eigenvalue weighted by molar-refractivity contribution is 0.952. The molecule has 0 saturated carbocycles. The molecule has 5 nitrogen and oxygen atoms in total. The molecule has 0 unspecified atom stereocenters. The van der Waals surface area contributed by atoms with Crippen molar-refractivity contribution in [3.05, 3.63) is 322 Å². The molecule has 3 heterocycles. The summed E-state index contributed by atoms with van der Waals surface area (Å²) in [6.07, 6.45) is 0. The quantitative estimate of drug-likeness (QED) is 0.122. The molecule has 0 bridgehead atoms. The van der Waals surface area contributed by atoms with Crippen LogP contribution in [0.25, 0.3) is 78.0 Å². The van der Waals surface area contributed by atoms with Crippen LogP contribution in [0, 0.1) is 0 Å².